The minimum absolute atomic E-state index is 0.0400. The van der Waals surface area contributed by atoms with Gasteiger partial charge in [-0.2, -0.15) is 0 Å². The molecule has 106 valence electrons. The molecule has 0 bridgehead atoms. The molecule has 0 aliphatic carbocycles. The van der Waals surface area contributed by atoms with Gasteiger partial charge in [-0.25, -0.2) is 0 Å². The average Bonchev–Trinajstić information content (AvgIpc) is 2.38. The van der Waals surface area contributed by atoms with Gasteiger partial charge in [0.2, 0.25) is 0 Å². The number of nitrogens with two attached hydrogens (primary N) is 1. The molecule has 1 aromatic rings. The standard InChI is InChI=1S/C16H25ClN2/c1-11(2)13-6-8-19(9-7-13)16-5-4-14(12(3)18)10-15(16)17/h4-5,10-13H,6-9,18H2,1-3H3/t12-/m0/s1. The Hall–Kier alpha value is -0.730. The molecule has 0 aromatic heterocycles. The van der Waals surface area contributed by atoms with Crippen molar-refractivity contribution in [1.29, 1.82) is 0 Å². The summed E-state index contributed by atoms with van der Waals surface area (Å²) in [6.07, 6.45) is 2.53. The van der Waals surface area contributed by atoms with Crippen LogP contribution in [-0.4, -0.2) is 13.1 Å². The second kappa shape index (κ2) is 6.15. The van der Waals surface area contributed by atoms with Gasteiger partial charge in [-0.3, -0.25) is 0 Å². The quantitative estimate of drug-likeness (QED) is 0.898. The minimum Gasteiger partial charge on any atom is -0.370 e. The smallest absolute Gasteiger partial charge is 0.0642 e. The van der Waals surface area contributed by atoms with Gasteiger partial charge in [0.25, 0.3) is 0 Å². The number of piperidine rings is 1. The van der Waals surface area contributed by atoms with Crippen LogP contribution in [-0.2, 0) is 0 Å². The first kappa shape index (κ1) is 14.7. The lowest BCUT2D eigenvalue weighted by molar-refractivity contribution is 0.311. The predicted octanol–water partition coefficient (Wildman–Crippen LogP) is 4.23. The third-order valence-corrected chi connectivity index (χ3v) is 4.62. The van der Waals surface area contributed by atoms with Crippen molar-refractivity contribution in [2.24, 2.45) is 17.6 Å². The van der Waals surface area contributed by atoms with E-state index in [1.165, 1.54) is 12.8 Å². The average molecular weight is 281 g/mol. The molecular formula is C16H25ClN2. The van der Waals surface area contributed by atoms with Crippen molar-refractivity contribution in [1.82, 2.24) is 0 Å². The van der Waals surface area contributed by atoms with Crippen molar-refractivity contribution in [3.05, 3.63) is 28.8 Å². The zero-order valence-corrected chi connectivity index (χ0v) is 13.0. The van der Waals surface area contributed by atoms with Crippen LogP contribution in [0.4, 0.5) is 5.69 Å². The maximum atomic E-state index is 6.41. The van der Waals surface area contributed by atoms with Crippen LogP contribution in [0.25, 0.3) is 0 Å². The highest BCUT2D eigenvalue weighted by atomic mass is 35.5. The number of hydrogen-bond acceptors (Lipinski definition) is 2. The third-order valence-electron chi connectivity index (χ3n) is 4.32. The highest BCUT2D eigenvalue weighted by molar-refractivity contribution is 6.33. The third kappa shape index (κ3) is 3.43. The fourth-order valence-electron chi connectivity index (χ4n) is 2.87. The molecule has 3 heteroatoms. The van der Waals surface area contributed by atoms with E-state index in [0.717, 1.165) is 41.2 Å². The lowest BCUT2D eigenvalue weighted by Gasteiger charge is -2.35. The van der Waals surface area contributed by atoms with Gasteiger partial charge in [0, 0.05) is 19.1 Å². The molecule has 1 fully saturated rings. The van der Waals surface area contributed by atoms with E-state index in [4.69, 9.17) is 17.3 Å². The highest BCUT2D eigenvalue weighted by Crippen LogP contribution is 2.33. The summed E-state index contributed by atoms with van der Waals surface area (Å²) in [5.74, 6) is 1.65. The molecule has 1 saturated heterocycles. The molecule has 0 unspecified atom stereocenters. The molecule has 2 rings (SSSR count). The number of rotatable bonds is 3. The van der Waals surface area contributed by atoms with Crippen LogP contribution in [0.3, 0.4) is 0 Å². The van der Waals surface area contributed by atoms with Crippen LogP contribution >= 0.6 is 11.6 Å². The van der Waals surface area contributed by atoms with Crippen LogP contribution in [0.5, 0.6) is 0 Å². The molecule has 0 saturated carbocycles. The van der Waals surface area contributed by atoms with Crippen molar-refractivity contribution in [3.63, 3.8) is 0 Å². The summed E-state index contributed by atoms with van der Waals surface area (Å²) in [5, 5.41) is 0.831. The van der Waals surface area contributed by atoms with E-state index in [2.05, 4.69) is 30.9 Å². The lowest BCUT2D eigenvalue weighted by Crippen LogP contribution is -2.35. The van der Waals surface area contributed by atoms with Gasteiger partial charge in [0.05, 0.1) is 10.7 Å². The normalized spacial score (nSPS) is 18.9. The Kier molecular flexibility index (Phi) is 4.75. The molecule has 2 N–H and O–H groups in total. The Morgan fingerprint density at radius 3 is 2.32 bits per heavy atom. The Balaban J connectivity index is 2.07. The van der Waals surface area contributed by atoms with E-state index in [9.17, 15) is 0 Å². The first-order valence-corrected chi connectivity index (χ1v) is 7.66. The SMILES string of the molecule is CC(C)C1CCN(c2ccc([C@H](C)N)cc2Cl)CC1. The van der Waals surface area contributed by atoms with E-state index in [0.29, 0.717) is 0 Å². The van der Waals surface area contributed by atoms with E-state index < -0.39 is 0 Å². The van der Waals surface area contributed by atoms with E-state index in [1.54, 1.807) is 0 Å². The van der Waals surface area contributed by atoms with Crippen LogP contribution < -0.4 is 10.6 Å². The summed E-state index contributed by atoms with van der Waals surface area (Å²) in [5.41, 5.74) is 8.15. The predicted molar refractivity (Wildman–Crippen MR) is 83.8 cm³/mol. The monoisotopic (exact) mass is 280 g/mol. The Morgan fingerprint density at radius 2 is 1.84 bits per heavy atom. The summed E-state index contributed by atoms with van der Waals surface area (Å²) in [6.45, 7) is 8.86. The van der Waals surface area contributed by atoms with Crippen LogP contribution in [0.15, 0.2) is 18.2 Å². The zero-order chi connectivity index (χ0) is 14.0. The molecule has 2 nitrogen and oxygen atoms in total. The number of nitrogens with zero attached hydrogens (tertiary/aromatic N) is 1. The van der Waals surface area contributed by atoms with Crippen molar-refractivity contribution in [2.75, 3.05) is 18.0 Å². The van der Waals surface area contributed by atoms with Gasteiger partial charge in [0.15, 0.2) is 0 Å². The maximum Gasteiger partial charge on any atom is 0.0642 e. The summed E-state index contributed by atoms with van der Waals surface area (Å²) in [7, 11) is 0. The number of benzene rings is 1. The summed E-state index contributed by atoms with van der Waals surface area (Å²) >= 11 is 6.41. The molecule has 1 aliphatic heterocycles. The fourth-order valence-corrected chi connectivity index (χ4v) is 3.18. The van der Waals surface area contributed by atoms with Gasteiger partial charge >= 0.3 is 0 Å². The van der Waals surface area contributed by atoms with Crippen LogP contribution in [0.1, 0.15) is 45.2 Å². The molecule has 1 atom stereocenters. The van der Waals surface area contributed by atoms with Crippen LogP contribution in [0.2, 0.25) is 5.02 Å². The topological polar surface area (TPSA) is 29.3 Å². The van der Waals surface area contributed by atoms with Gasteiger partial charge in [-0.1, -0.05) is 31.5 Å². The second-order valence-corrected chi connectivity index (χ2v) is 6.48. The molecule has 0 amide bonds. The van der Waals surface area contributed by atoms with Gasteiger partial charge < -0.3 is 10.6 Å². The second-order valence-electron chi connectivity index (χ2n) is 6.07. The molecular weight excluding hydrogens is 256 g/mol. The Bertz CT molecular complexity index is 421. The number of hydrogen-bond donors (Lipinski definition) is 1. The zero-order valence-electron chi connectivity index (χ0n) is 12.2. The van der Waals surface area contributed by atoms with Gasteiger partial charge in [-0.05, 0) is 49.3 Å². The van der Waals surface area contributed by atoms with Crippen LogP contribution in [0, 0.1) is 11.8 Å². The minimum atomic E-state index is 0.0400. The molecule has 1 aromatic carbocycles. The molecule has 19 heavy (non-hydrogen) atoms. The Morgan fingerprint density at radius 1 is 1.21 bits per heavy atom. The van der Waals surface area contributed by atoms with Gasteiger partial charge in [0.1, 0.15) is 0 Å². The molecule has 0 radical (unpaired) electrons. The molecule has 1 aliphatic rings. The number of anilines is 1. The van der Waals surface area contributed by atoms with Gasteiger partial charge in [-0.15, -0.1) is 0 Å². The van der Waals surface area contributed by atoms with Crippen molar-refractivity contribution in [2.45, 2.75) is 39.7 Å². The van der Waals surface area contributed by atoms with Crippen molar-refractivity contribution in [3.8, 4) is 0 Å². The highest BCUT2D eigenvalue weighted by Gasteiger charge is 2.22. The molecule has 1 heterocycles. The van der Waals surface area contributed by atoms with E-state index in [-0.39, 0.29) is 6.04 Å². The first-order chi connectivity index (χ1) is 8.99. The molecule has 0 spiro atoms. The van der Waals surface area contributed by atoms with Crippen molar-refractivity contribution >= 4 is 17.3 Å². The summed E-state index contributed by atoms with van der Waals surface area (Å²) < 4.78 is 0. The summed E-state index contributed by atoms with van der Waals surface area (Å²) in [6, 6.07) is 6.27. The fraction of sp³-hybridized carbons (Fsp3) is 0.625. The largest absolute Gasteiger partial charge is 0.370 e. The maximum absolute atomic E-state index is 6.41. The summed E-state index contributed by atoms with van der Waals surface area (Å²) in [4.78, 5) is 2.41. The van der Waals surface area contributed by atoms with E-state index >= 15 is 0 Å². The Labute approximate surface area is 121 Å². The number of halogens is 1. The van der Waals surface area contributed by atoms with Crippen molar-refractivity contribution < 1.29 is 0 Å². The first-order valence-electron chi connectivity index (χ1n) is 7.29. The van der Waals surface area contributed by atoms with E-state index in [1.807, 2.05) is 13.0 Å². The lowest BCUT2D eigenvalue weighted by atomic mass is 9.86.